The number of aryl methyl sites for hydroxylation is 1. The number of benzene rings is 1. The number of hydrogen-bond acceptors (Lipinski definition) is 6. The highest BCUT2D eigenvalue weighted by atomic mass is 35.5. The van der Waals surface area contributed by atoms with Crippen LogP contribution in [0.1, 0.15) is 32.3 Å². The number of fused-ring (bicyclic) bond motifs is 3. The zero-order valence-corrected chi connectivity index (χ0v) is 21.3. The molecule has 2 aliphatic rings. The number of carbonyl (C=O) groups excluding carboxylic acids is 1. The van der Waals surface area contributed by atoms with E-state index < -0.39 is 0 Å². The van der Waals surface area contributed by atoms with E-state index in [-0.39, 0.29) is 30.0 Å². The highest BCUT2D eigenvalue weighted by molar-refractivity contribution is 6.30. The molecule has 1 amide bonds. The van der Waals surface area contributed by atoms with Crippen molar-refractivity contribution in [3.63, 3.8) is 0 Å². The van der Waals surface area contributed by atoms with Gasteiger partial charge in [0.1, 0.15) is 17.8 Å². The average molecular weight is 497 g/mol. The van der Waals surface area contributed by atoms with E-state index in [1.165, 1.54) is 0 Å². The van der Waals surface area contributed by atoms with Crippen molar-refractivity contribution in [3.8, 4) is 0 Å². The molecule has 186 valence electrons. The molecule has 4 heterocycles. The molecule has 2 fully saturated rings. The van der Waals surface area contributed by atoms with E-state index in [0.29, 0.717) is 37.9 Å². The number of nitrogens with one attached hydrogen (secondary N) is 1. The molecule has 3 aromatic rings. The first kappa shape index (κ1) is 24.0. The van der Waals surface area contributed by atoms with Crippen molar-refractivity contribution < 1.29 is 9.53 Å². The number of morpholine rings is 1. The van der Waals surface area contributed by atoms with E-state index in [0.717, 1.165) is 29.0 Å². The average Bonchev–Trinajstić information content (AvgIpc) is 3.27. The van der Waals surface area contributed by atoms with Crippen LogP contribution in [0.4, 0.5) is 5.82 Å². The van der Waals surface area contributed by atoms with E-state index in [1.807, 2.05) is 29.2 Å². The van der Waals surface area contributed by atoms with Gasteiger partial charge in [0.25, 0.3) is 0 Å². The number of rotatable bonds is 7. The highest BCUT2D eigenvalue weighted by Crippen LogP contribution is 2.33. The van der Waals surface area contributed by atoms with E-state index in [2.05, 4.69) is 52.8 Å². The Labute approximate surface area is 211 Å². The van der Waals surface area contributed by atoms with Gasteiger partial charge in [-0.25, -0.2) is 9.97 Å². The lowest BCUT2D eigenvalue weighted by Gasteiger charge is -2.50. The van der Waals surface area contributed by atoms with Crippen molar-refractivity contribution >= 4 is 34.4 Å². The monoisotopic (exact) mass is 496 g/mol. The van der Waals surface area contributed by atoms with Gasteiger partial charge in [0.15, 0.2) is 0 Å². The maximum Gasteiger partial charge on any atom is 0.231 e. The summed E-state index contributed by atoms with van der Waals surface area (Å²) in [6, 6.07) is 10.1. The number of piperazine rings is 1. The lowest BCUT2D eigenvalue weighted by molar-refractivity contribution is -0.136. The standard InChI is InChI=1S/C26H33ClN6O2/c1-4-31-10-9-22-24(31)29-16-30-25(22)33-20-12-32(13-21(33)15-35-14-20)26(34)23(11-28-17(2)3)18-5-7-19(27)8-6-18/h5-10,16-17,20-21,23,28H,4,11-15H2,1-3H3/t20?,21?,23-/m1/s1. The summed E-state index contributed by atoms with van der Waals surface area (Å²) in [6.45, 7) is 10.1. The van der Waals surface area contributed by atoms with E-state index in [1.54, 1.807) is 6.33 Å². The Kier molecular flexibility index (Phi) is 6.95. The van der Waals surface area contributed by atoms with Crippen LogP contribution in [0.2, 0.25) is 5.02 Å². The second-order valence-electron chi connectivity index (χ2n) is 9.70. The van der Waals surface area contributed by atoms with Crippen LogP contribution in [0.15, 0.2) is 42.9 Å². The Bertz CT molecular complexity index is 1170. The number of carbonyl (C=O) groups is 1. The molecule has 1 N–H and O–H groups in total. The first-order chi connectivity index (χ1) is 17.0. The first-order valence-electron chi connectivity index (χ1n) is 12.4. The molecule has 0 saturated carbocycles. The van der Waals surface area contributed by atoms with Gasteiger partial charge in [-0.2, -0.15) is 0 Å². The fourth-order valence-electron chi connectivity index (χ4n) is 5.26. The Morgan fingerprint density at radius 3 is 2.51 bits per heavy atom. The number of hydrogen-bond donors (Lipinski definition) is 1. The van der Waals surface area contributed by atoms with Gasteiger partial charge in [-0.1, -0.05) is 37.6 Å². The molecular weight excluding hydrogens is 464 g/mol. The van der Waals surface area contributed by atoms with Crippen LogP contribution in [0.25, 0.3) is 11.0 Å². The molecule has 0 spiro atoms. The number of nitrogens with zero attached hydrogens (tertiary/aromatic N) is 5. The Balaban J connectivity index is 1.41. The number of amides is 1. The van der Waals surface area contributed by atoms with Crippen molar-refractivity contribution in [3.05, 3.63) is 53.4 Å². The molecule has 8 nitrogen and oxygen atoms in total. The first-order valence-corrected chi connectivity index (χ1v) is 12.8. The highest BCUT2D eigenvalue weighted by Gasteiger charge is 2.42. The van der Waals surface area contributed by atoms with Crippen molar-refractivity contribution in [1.82, 2.24) is 24.8 Å². The van der Waals surface area contributed by atoms with Crippen LogP contribution >= 0.6 is 11.6 Å². The van der Waals surface area contributed by atoms with Gasteiger partial charge in [-0.3, -0.25) is 4.79 Å². The predicted octanol–water partition coefficient (Wildman–Crippen LogP) is 3.30. The fourth-order valence-corrected chi connectivity index (χ4v) is 5.38. The van der Waals surface area contributed by atoms with Crippen LogP contribution in [0.5, 0.6) is 0 Å². The number of aromatic nitrogens is 3. The van der Waals surface area contributed by atoms with Gasteiger partial charge in [-0.15, -0.1) is 0 Å². The van der Waals surface area contributed by atoms with Crippen LogP contribution in [0.3, 0.4) is 0 Å². The van der Waals surface area contributed by atoms with Crippen LogP contribution in [-0.2, 0) is 16.1 Å². The van der Waals surface area contributed by atoms with Gasteiger partial charge < -0.3 is 24.4 Å². The summed E-state index contributed by atoms with van der Waals surface area (Å²) in [7, 11) is 0. The van der Waals surface area contributed by atoms with Crippen LogP contribution < -0.4 is 10.2 Å². The molecule has 9 heteroatoms. The predicted molar refractivity (Wildman–Crippen MR) is 138 cm³/mol. The minimum absolute atomic E-state index is 0.0402. The summed E-state index contributed by atoms with van der Waals surface area (Å²) >= 11 is 6.12. The lowest BCUT2D eigenvalue weighted by Crippen LogP contribution is -2.66. The molecular formula is C26H33ClN6O2. The van der Waals surface area contributed by atoms with Crippen LogP contribution in [0, 0.1) is 0 Å². The molecule has 1 aromatic carbocycles. The molecule has 2 bridgehead atoms. The number of halogens is 1. The summed E-state index contributed by atoms with van der Waals surface area (Å²) < 4.78 is 8.07. The summed E-state index contributed by atoms with van der Waals surface area (Å²) in [5, 5.41) is 5.18. The molecule has 35 heavy (non-hydrogen) atoms. The number of anilines is 1. The third-order valence-corrected chi connectivity index (χ3v) is 7.25. The second kappa shape index (κ2) is 10.1. The second-order valence-corrected chi connectivity index (χ2v) is 10.1. The Morgan fingerprint density at radius 1 is 1.14 bits per heavy atom. The largest absolute Gasteiger partial charge is 0.377 e. The van der Waals surface area contributed by atoms with Crippen molar-refractivity contribution in [2.24, 2.45) is 0 Å². The van der Waals surface area contributed by atoms with Gasteiger partial charge in [0, 0.05) is 43.4 Å². The quantitative estimate of drug-likeness (QED) is 0.541. The third-order valence-electron chi connectivity index (χ3n) is 7.00. The third kappa shape index (κ3) is 4.75. The van der Waals surface area contributed by atoms with Gasteiger partial charge in [0.2, 0.25) is 5.91 Å². The van der Waals surface area contributed by atoms with E-state index >= 15 is 0 Å². The van der Waals surface area contributed by atoms with Crippen molar-refractivity contribution in [2.45, 2.75) is 51.4 Å². The van der Waals surface area contributed by atoms with Gasteiger partial charge in [-0.05, 0) is 30.7 Å². The minimum atomic E-state index is -0.271. The van der Waals surface area contributed by atoms with E-state index in [4.69, 9.17) is 21.3 Å². The Morgan fingerprint density at radius 2 is 1.86 bits per heavy atom. The van der Waals surface area contributed by atoms with Crippen molar-refractivity contribution in [2.75, 3.05) is 37.7 Å². The molecule has 2 aliphatic heterocycles. The SMILES string of the molecule is CCn1ccc2c(N3C4COCC3CN(C(=O)[C@H](CNC(C)C)c3ccc(Cl)cc3)C4)ncnc21. The maximum atomic E-state index is 13.9. The van der Waals surface area contributed by atoms with E-state index in [9.17, 15) is 4.79 Å². The molecule has 0 radical (unpaired) electrons. The molecule has 0 aliphatic carbocycles. The summed E-state index contributed by atoms with van der Waals surface area (Å²) in [5.41, 5.74) is 1.92. The minimum Gasteiger partial charge on any atom is -0.377 e. The van der Waals surface area contributed by atoms with Crippen LogP contribution in [-0.4, -0.2) is 76.3 Å². The van der Waals surface area contributed by atoms with Gasteiger partial charge in [0.05, 0.1) is 36.6 Å². The topological polar surface area (TPSA) is 75.5 Å². The molecule has 2 saturated heterocycles. The summed E-state index contributed by atoms with van der Waals surface area (Å²) in [5.74, 6) is 0.803. The fraction of sp³-hybridized carbons (Fsp3) is 0.500. The zero-order chi connectivity index (χ0) is 24.5. The molecule has 2 aromatic heterocycles. The molecule has 5 rings (SSSR count). The zero-order valence-electron chi connectivity index (χ0n) is 20.5. The Hall–Kier alpha value is -2.68. The number of ether oxygens (including phenoxy) is 1. The van der Waals surface area contributed by atoms with Crippen molar-refractivity contribution in [1.29, 1.82) is 0 Å². The smallest absolute Gasteiger partial charge is 0.231 e. The maximum absolute atomic E-state index is 13.9. The van der Waals surface area contributed by atoms with Gasteiger partial charge >= 0.3 is 0 Å². The lowest BCUT2D eigenvalue weighted by atomic mass is 9.95. The molecule has 3 atom stereocenters. The summed E-state index contributed by atoms with van der Waals surface area (Å²) in [4.78, 5) is 27.5. The normalized spacial score (nSPS) is 21.1. The summed E-state index contributed by atoms with van der Waals surface area (Å²) in [6.07, 6.45) is 3.71. The molecule has 2 unspecified atom stereocenters.